The molecule has 0 amide bonds. The van der Waals surface area contributed by atoms with E-state index in [1.54, 1.807) is 11.3 Å². The molecule has 0 radical (unpaired) electrons. The Morgan fingerprint density at radius 2 is 2.06 bits per heavy atom. The summed E-state index contributed by atoms with van der Waals surface area (Å²) >= 11 is 1.80. The Bertz CT molecular complexity index is 450. The van der Waals surface area contributed by atoms with E-state index in [0.29, 0.717) is 6.04 Å². The molecular weight excluding hydrogens is 230 g/mol. The zero-order valence-electron chi connectivity index (χ0n) is 10.4. The minimum absolute atomic E-state index is 0.399. The van der Waals surface area contributed by atoms with Crippen LogP contribution in [0.3, 0.4) is 0 Å². The summed E-state index contributed by atoms with van der Waals surface area (Å²) in [6, 6.07) is 4.66. The Morgan fingerprint density at radius 1 is 1.35 bits per heavy atom. The number of anilines is 1. The van der Waals surface area contributed by atoms with Crippen molar-refractivity contribution in [2.45, 2.75) is 26.3 Å². The molecule has 0 bridgehead atoms. The van der Waals surface area contributed by atoms with Crippen LogP contribution >= 0.6 is 11.3 Å². The monoisotopic (exact) mass is 247 g/mol. The van der Waals surface area contributed by atoms with E-state index >= 15 is 0 Å². The zero-order valence-corrected chi connectivity index (χ0v) is 11.2. The van der Waals surface area contributed by atoms with Crippen LogP contribution in [-0.4, -0.2) is 23.1 Å². The van der Waals surface area contributed by atoms with Crippen LogP contribution in [0.5, 0.6) is 0 Å². The van der Waals surface area contributed by atoms with Crippen LogP contribution in [0.1, 0.15) is 17.4 Å². The van der Waals surface area contributed by atoms with Crippen LogP contribution in [-0.2, 0) is 6.42 Å². The summed E-state index contributed by atoms with van der Waals surface area (Å²) in [7, 11) is 2.04. The van der Waals surface area contributed by atoms with E-state index in [9.17, 15) is 0 Å². The molecule has 90 valence electrons. The van der Waals surface area contributed by atoms with Crippen LogP contribution in [0.2, 0.25) is 0 Å². The Hall–Kier alpha value is -1.42. The van der Waals surface area contributed by atoms with E-state index in [0.717, 1.165) is 17.9 Å². The van der Waals surface area contributed by atoms with Crippen LogP contribution in [0, 0.1) is 6.92 Å². The lowest BCUT2D eigenvalue weighted by atomic mass is 10.2. The van der Waals surface area contributed by atoms with Crippen molar-refractivity contribution in [3.8, 4) is 0 Å². The molecule has 4 heteroatoms. The fraction of sp³-hybridized carbons (Fsp3) is 0.385. The molecule has 0 saturated heterocycles. The Balaban J connectivity index is 2.04. The van der Waals surface area contributed by atoms with Crippen molar-refractivity contribution in [1.82, 2.24) is 9.97 Å². The fourth-order valence-corrected chi connectivity index (χ4v) is 2.45. The molecule has 1 atom stereocenters. The Kier molecular flexibility index (Phi) is 3.74. The third-order valence-corrected chi connectivity index (χ3v) is 3.72. The number of nitrogens with zero attached hydrogens (tertiary/aromatic N) is 3. The van der Waals surface area contributed by atoms with E-state index in [4.69, 9.17) is 0 Å². The van der Waals surface area contributed by atoms with E-state index in [-0.39, 0.29) is 0 Å². The maximum absolute atomic E-state index is 4.35. The minimum atomic E-state index is 0.399. The van der Waals surface area contributed by atoms with Gasteiger partial charge in [0.05, 0.1) is 0 Å². The smallest absolute Gasteiger partial charge is 0.225 e. The van der Waals surface area contributed by atoms with Crippen LogP contribution in [0.4, 0.5) is 5.95 Å². The Labute approximate surface area is 106 Å². The predicted octanol–water partition coefficient (Wildman–Crippen LogP) is 2.91. The molecule has 0 N–H and O–H groups in total. The van der Waals surface area contributed by atoms with Gasteiger partial charge in [0.2, 0.25) is 5.95 Å². The average molecular weight is 247 g/mol. The molecule has 0 spiro atoms. The van der Waals surface area contributed by atoms with Gasteiger partial charge in [0, 0.05) is 36.8 Å². The van der Waals surface area contributed by atoms with Crippen LogP contribution in [0.25, 0.3) is 0 Å². The number of rotatable bonds is 4. The highest BCUT2D eigenvalue weighted by Crippen LogP contribution is 2.16. The topological polar surface area (TPSA) is 29.0 Å². The zero-order chi connectivity index (χ0) is 12.3. The van der Waals surface area contributed by atoms with Gasteiger partial charge in [-0.1, -0.05) is 6.07 Å². The summed E-state index contributed by atoms with van der Waals surface area (Å²) in [6.45, 7) is 4.20. The standard InChI is InChI=1S/C13H17N3S/c1-10-8-14-13(15-9-10)16(3)11(2)7-12-5-4-6-17-12/h4-6,8-9,11H,7H2,1-3H3. The summed E-state index contributed by atoms with van der Waals surface area (Å²) in [5, 5.41) is 2.12. The first-order valence-electron chi connectivity index (χ1n) is 5.70. The first kappa shape index (κ1) is 12.0. The van der Waals surface area contributed by atoms with Crippen molar-refractivity contribution in [1.29, 1.82) is 0 Å². The number of hydrogen-bond acceptors (Lipinski definition) is 4. The highest BCUT2D eigenvalue weighted by atomic mass is 32.1. The molecule has 0 fully saturated rings. The van der Waals surface area contributed by atoms with Crippen molar-refractivity contribution < 1.29 is 0 Å². The quantitative estimate of drug-likeness (QED) is 0.832. The van der Waals surface area contributed by atoms with Gasteiger partial charge in [-0.15, -0.1) is 11.3 Å². The molecule has 0 aliphatic heterocycles. The van der Waals surface area contributed by atoms with Gasteiger partial charge in [0.25, 0.3) is 0 Å². The van der Waals surface area contributed by atoms with E-state index in [2.05, 4.69) is 39.3 Å². The van der Waals surface area contributed by atoms with Crippen molar-refractivity contribution >= 4 is 17.3 Å². The van der Waals surface area contributed by atoms with E-state index in [1.165, 1.54) is 4.88 Å². The van der Waals surface area contributed by atoms with Crippen molar-refractivity contribution in [2.24, 2.45) is 0 Å². The summed E-state index contributed by atoms with van der Waals surface area (Å²) in [5.41, 5.74) is 1.09. The predicted molar refractivity (Wildman–Crippen MR) is 72.7 cm³/mol. The highest BCUT2D eigenvalue weighted by molar-refractivity contribution is 7.09. The van der Waals surface area contributed by atoms with Gasteiger partial charge in [0.15, 0.2) is 0 Å². The summed E-state index contributed by atoms with van der Waals surface area (Å²) in [5.74, 6) is 0.791. The molecule has 0 aliphatic carbocycles. The normalized spacial score (nSPS) is 12.4. The fourth-order valence-electron chi connectivity index (χ4n) is 1.62. The third-order valence-electron chi connectivity index (χ3n) is 2.82. The molecule has 3 nitrogen and oxygen atoms in total. The first-order chi connectivity index (χ1) is 8.16. The number of aryl methyl sites for hydroxylation is 1. The Morgan fingerprint density at radius 3 is 2.65 bits per heavy atom. The molecule has 17 heavy (non-hydrogen) atoms. The second kappa shape index (κ2) is 5.27. The second-order valence-corrected chi connectivity index (χ2v) is 5.34. The molecule has 2 aromatic rings. The van der Waals surface area contributed by atoms with Gasteiger partial charge in [-0.05, 0) is 30.9 Å². The molecule has 0 aliphatic rings. The second-order valence-electron chi connectivity index (χ2n) is 4.30. The van der Waals surface area contributed by atoms with Crippen LogP contribution < -0.4 is 4.90 Å². The van der Waals surface area contributed by atoms with Gasteiger partial charge >= 0.3 is 0 Å². The van der Waals surface area contributed by atoms with Crippen molar-refractivity contribution in [3.63, 3.8) is 0 Å². The van der Waals surface area contributed by atoms with Crippen molar-refractivity contribution in [2.75, 3.05) is 11.9 Å². The lowest BCUT2D eigenvalue weighted by Gasteiger charge is -2.24. The number of hydrogen-bond donors (Lipinski definition) is 0. The van der Waals surface area contributed by atoms with Gasteiger partial charge in [-0.2, -0.15) is 0 Å². The molecule has 1 unspecified atom stereocenters. The maximum Gasteiger partial charge on any atom is 0.225 e. The van der Waals surface area contributed by atoms with E-state index < -0.39 is 0 Å². The van der Waals surface area contributed by atoms with Gasteiger partial charge in [0.1, 0.15) is 0 Å². The molecule has 0 aromatic carbocycles. The third kappa shape index (κ3) is 3.03. The minimum Gasteiger partial charge on any atom is -0.341 e. The highest BCUT2D eigenvalue weighted by Gasteiger charge is 2.13. The molecule has 2 aromatic heterocycles. The summed E-state index contributed by atoms with van der Waals surface area (Å²) in [4.78, 5) is 12.2. The lowest BCUT2D eigenvalue weighted by molar-refractivity contribution is 0.670. The van der Waals surface area contributed by atoms with Crippen LogP contribution in [0.15, 0.2) is 29.9 Å². The molecular formula is C13H17N3S. The number of likely N-dealkylation sites (N-methyl/N-ethyl adjacent to an activating group) is 1. The summed E-state index contributed by atoms with van der Waals surface area (Å²) in [6.07, 6.45) is 4.75. The SMILES string of the molecule is Cc1cnc(N(C)C(C)Cc2cccs2)nc1. The lowest BCUT2D eigenvalue weighted by Crippen LogP contribution is -2.31. The van der Waals surface area contributed by atoms with Crippen molar-refractivity contribution in [3.05, 3.63) is 40.3 Å². The van der Waals surface area contributed by atoms with Gasteiger partial charge in [-0.3, -0.25) is 0 Å². The largest absolute Gasteiger partial charge is 0.341 e. The average Bonchev–Trinajstić information content (AvgIpc) is 2.82. The first-order valence-corrected chi connectivity index (χ1v) is 6.58. The van der Waals surface area contributed by atoms with Gasteiger partial charge < -0.3 is 4.90 Å². The maximum atomic E-state index is 4.35. The summed E-state index contributed by atoms with van der Waals surface area (Å²) < 4.78 is 0. The van der Waals surface area contributed by atoms with Gasteiger partial charge in [-0.25, -0.2) is 9.97 Å². The molecule has 2 heterocycles. The van der Waals surface area contributed by atoms with E-state index in [1.807, 2.05) is 26.4 Å². The number of aromatic nitrogens is 2. The molecule has 2 rings (SSSR count). The molecule has 0 saturated carbocycles. The number of thiophene rings is 1.